The van der Waals surface area contributed by atoms with Gasteiger partial charge in [0, 0.05) is 13.2 Å². The Morgan fingerprint density at radius 3 is 2.73 bits per heavy atom. The number of aryl methyl sites for hydroxylation is 1. The van der Waals surface area contributed by atoms with Crippen LogP contribution in [0.15, 0.2) is 36.7 Å². The fourth-order valence-corrected chi connectivity index (χ4v) is 1.80. The van der Waals surface area contributed by atoms with E-state index in [9.17, 15) is 13.6 Å². The first kappa shape index (κ1) is 15.7. The van der Waals surface area contributed by atoms with E-state index in [1.807, 2.05) is 0 Å². The smallest absolute Gasteiger partial charge is 0.387 e. The topological polar surface area (TPSA) is 53.3 Å². The van der Waals surface area contributed by atoms with Crippen LogP contribution in [-0.2, 0) is 7.05 Å². The van der Waals surface area contributed by atoms with E-state index < -0.39 is 6.61 Å². The summed E-state index contributed by atoms with van der Waals surface area (Å²) in [5.41, 5.74) is 1.08. The lowest BCUT2D eigenvalue weighted by Crippen LogP contribution is -2.03. The number of nitrogens with zero attached hydrogens (tertiary/aromatic N) is 2. The van der Waals surface area contributed by atoms with Gasteiger partial charge in [0.05, 0.1) is 18.9 Å². The molecule has 0 amide bonds. The molecule has 22 heavy (non-hydrogen) atoms. The highest BCUT2D eigenvalue weighted by Gasteiger charge is 2.10. The second-order valence-electron chi connectivity index (χ2n) is 4.39. The summed E-state index contributed by atoms with van der Waals surface area (Å²) in [6.07, 6.45) is 6.00. The van der Waals surface area contributed by atoms with Gasteiger partial charge in [-0.15, -0.1) is 0 Å². The van der Waals surface area contributed by atoms with E-state index in [4.69, 9.17) is 4.74 Å². The van der Waals surface area contributed by atoms with E-state index in [1.165, 1.54) is 36.2 Å². The number of hydrogen-bond acceptors (Lipinski definition) is 4. The summed E-state index contributed by atoms with van der Waals surface area (Å²) in [5, 5.41) is 3.91. The number of benzene rings is 1. The lowest BCUT2D eigenvalue weighted by atomic mass is 10.1. The van der Waals surface area contributed by atoms with Gasteiger partial charge in [-0.05, 0) is 23.8 Å². The average molecular weight is 308 g/mol. The van der Waals surface area contributed by atoms with Crippen LogP contribution in [0.1, 0.15) is 15.9 Å². The van der Waals surface area contributed by atoms with Crippen molar-refractivity contribution in [1.82, 2.24) is 9.78 Å². The summed E-state index contributed by atoms with van der Waals surface area (Å²) in [4.78, 5) is 11.9. The van der Waals surface area contributed by atoms with Crippen molar-refractivity contribution >= 4 is 11.9 Å². The van der Waals surface area contributed by atoms with Gasteiger partial charge in [0.25, 0.3) is 0 Å². The number of alkyl halides is 2. The van der Waals surface area contributed by atoms with E-state index in [0.29, 0.717) is 11.1 Å². The van der Waals surface area contributed by atoms with Crippen molar-refractivity contribution in [2.75, 3.05) is 7.11 Å². The monoisotopic (exact) mass is 308 g/mol. The normalized spacial score (nSPS) is 11.1. The van der Waals surface area contributed by atoms with Crippen molar-refractivity contribution in [3.05, 3.63) is 47.8 Å². The molecule has 0 bridgehead atoms. The van der Waals surface area contributed by atoms with Gasteiger partial charge in [-0.1, -0.05) is 12.1 Å². The third-order valence-electron chi connectivity index (χ3n) is 2.82. The molecular weight excluding hydrogens is 294 g/mol. The fourth-order valence-electron chi connectivity index (χ4n) is 1.80. The summed E-state index contributed by atoms with van der Waals surface area (Å²) in [7, 11) is 3.06. The Morgan fingerprint density at radius 1 is 1.36 bits per heavy atom. The number of ketones is 1. The lowest BCUT2D eigenvalue weighted by Gasteiger charge is -2.10. The van der Waals surface area contributed by atoms with Crippen molar-refractivity contribution in [1.29, 1.82) is 0 Å². The summed E-state index contributed by atoms with van der Waals surface area (Å²) in [6.45, 7) is -2.93. The van der Waals surface area contributed by atoms with Gasteiger partial charge in [-0.2, -0.15) is 13.9 Å². The Balaban J connectivity index is 2.15. The quantitative estimate of drug-likeness (QED) is 0.608. The second-order valence-corrected chi connectivity index (χ2v) is 4.39. The van der Waals surface area contributed by atoms with E-state index in [1.54, 1.807) is 25.4 Å². The van der Waals surface area contributed by atoms with E-state index in [2.05, 4.69) is 9.84 Å². The van der Waals surface area contributed by atoms with Crippen molar-refractivity contribution in [3.8, 4) is 11.5 Å². The third kappa shape index (κ3) is 3.91. The minimum Gasteiger partial charge on any atom is -0.493 e. The van der Waals surface area contributed by atoms with Crippen LogP contribution in [0.25, 0.3) is 6.08 Å². The largest absolute Gasteiger partial charge is 0.493 e. The molecule has 0 saturated heterocycles. The number of allylic oxidation sites excluding steroid dienone is 1. The predicted octanol–water partition coefficient (Wildman–Crippen LogP) is 2.93. The molecule has 1 aromatic heterocycles. The van der Waals surface area contributed by atoms with Crippen molar-refractivity contribution in [3.63, 3.8) is 0 Å². The Bertz CT molecular complexity index is 696. The molecule has 1 aromatic carbocycles. The summed E-state index contributed by atoms with van der Waals surface area (Å²) < 4.78 is 35.3. The Morgan fingerprint density at radius 2 is 2.14 bits per heavy atom. The molecule has 1 heterocycles. The first-order valence-corrected chi connectivity index (χ1v) is 6.33. The molecule has 2 aromatic rings. The zero-order valence-corrected chi connectivity index (χ0v) is 12.0. The molecule has 0 N–H and O–H groups in total. The molecule has 2 rings (SSSR count). The SMILES string of the molecule is COc1cc(/C=C\C(=O)c2cnn(C)c2)ccc1OC(F)F. The zero-order chi connectivity index (χ0) is 16.1. The standard InChI is InChI=1S/C15H14F2N2O3/c1-19-9-11(8-18-19)12(20)5-3-10-4-6-13(22-15(16)17)14(7-10)21-2/h3-9,15H,1-2H3/b5-3-. The Kier molecular flexibility index (Phi) is 4.88. The second kappa shape index (κ2) is 6.84. The number of carbonyl (C=O) groups is 1. The Labute approximate surface area is 125 Å². The molecule has 7 heteroatoms. The van der Waals surface area contributed by atoms with E-state index in [-0.39, 0.29) is 17.3 Å². The summed E-state index contributed by atoms with van der Waals surface area (Å²) in [6, 6.07) is 4.41. The molecular formula is C15H14F2N2O3. The van der Waals surface area contributed by atoms with Crippen molar-refractivity contribution < 1.29 is 23.0 Å². The molecule has 0 aliphatic rings. The highest BCUT2D eigenvalue weighted by molar-refractivity contribution is 6.06. The van der Waals surface area contributed by atoms with Crippen LogP contribution < -0.4 is 9.47 Å². The van der Waals surface area contributed by atoms with Crippen LogP contribution in [0.2, 0.25) is 0 Å². The first-order valence-electron chi connectivity index (χ1n) is 6.33. The van der Waals surface area contributed by atoms with Gasteiger partial charge in [0.2, 0.25) is 0 Å². The Hall–Kier alpha value is -2.70. The van der Waals surface area contributed by atoms with Crippen molar-refractivity contribution in [2.24, 2.45) is 7.05 Å². The van der Waals surface area contributed by atoms with Gasteiger partial charge in [-0.3, -0.25) is 9.48 Å². The minimum atomic E-state index is -2.93. The number of methoxy groups -OCH3 is 1. The van der Waals surface area contributed by atoms with Crippen LogP contribution in [0, 0.1) is 0 Å². The lowest BCUT2D eigenvalue weighted by molar-refractivity contribution is -0.0512. The summed E-state index contributed by atoms with van der Waals surface area (Å²) >= 11 is 0. The highest BCUT2D eigenvalue weighted by Crippen LogP contribution is 2.29. The molecule has 5 nitrogen and oxygen atoms in total. The minimum absolute atomic E-state index is 0.0618. The molecule has 0 unspecified atom stereocenters. The van der Waals surface area contributed by atoms with Gasteiger partial charge in [-0.25, -0.2) is 0 Å². The number of hydrogen-bond donors (Lipinski definition) is 0. The predicted molar refractivity (Wildman–Crippen MR) is 76.2 cm³/mol. The van der Waals surface area contributed by atoms with Gasteiger partial charge in [0.15, 0.2) is 17.3 Å². The number of halogens is 2. The van der Waals surface area contributed by atoms with Gasteiger partial charge in [0.1, 0.15) is 0 Å². The van der Waals surface area contributed by atoms with Crippen LogP contribution in [0.5, 0.6) is 11.5 Å². The van der Waals surface area contributed by atoms with Crippen molar-refractivity contribution in [2.45, 2.75) is 6.61 Å². The number of carbonyl (C=O) groups excluding carboxylic acids is 1. The maximum Gasteiger partial charge on any atom is 0.387 e. The van der Waals surface area contributed by atoms with E-state index >= 15 is 0 Å². The zero-order valence-electron chi connectivity index (χ0n) is 12.0. The molecule has 116 valence electrons. The maximum absolute atomic E-state index is 12.2. The third-order valence-corrected chi connectivity index (χ3v) is 2.82. The van der Waals surface area contributed by atoms with E-state index in [0.717, 1.165) is 0 Å². The number of ether oxygens (including phenoxy) is 2. The molecule has 0 aliphatic heterocycles. The number of aromatic nitrogens is 2. The number of rotatable bonds is 6. The summed E-state index contributed by atoms with van der Waals surface area (Å²) in [5.74, 6) is -0.107. The molecule has 0 radical (unpaired) electrons. The molecule has 0 atom stereocenters. The first-order chi connectivity index (χ1) is 10.5. The average Bonchev–Trinajstić information content (AvgIpc) is 2.92. The molecule has 0 aliphatic carbocycles. The molecule has 0 spiro atoms. The van der Waals surface area contributed by atoms with Crippen LogP contribution in [-0.4, -0.2) is 29.3 Å². The van der Waals surface area contributed by atoms with Crippen LogP contribution in [0.4, 0.5) is 8.78 Å². The van der Waals surface area contributed by atoms with Gasteiger partial charge < -0.3 is 9.47 Å². The highest BCUT2D eigenvalue weighted by atomic mass is 19.3. The fraction of sp³-hybridized carbons (Fsp3) is 0.200. The van der Waals surface area contributed by atoms with Crippen LogP contribution >= 0.6 is 0 Å². The maximum atomic E-state index is 12.2. The van der Waals surface area contributed by atoms with Gasteiger partial charge >= 0.3 is 6.61 Å². The molecule has 0 saturated carbocycles. The molecule has 0 fully saturated rings. The van der Waals surface area contributed by atoms with Crippen LogP contribution in [0.3, 0.4) is 0 Å².